The molecule has 14 heavy (non-hydrogen) atoms. The Bertz CT molecular complexity index is 213. The molecule has 0 unspecified atom stereocenters. The molecule has 1 aliphatic rings. The molecule has 0 aromatic carbocycles. The second-order valence-corrected chi connectivity index (χ2v) is 10.5. The first-order chi connectivity index (χ1) is 6.33. The standard InChI is InChI=1S/C12H24OSi/c1-12(2,3)14(4,5)13-11-9-7-6-8-10-11/h7,9,11H,6,8,10H2,1-5H3/t11-/m0/s1. The van der Waals surface area contributed by atoms with Crippen molar-refractivity contribution >= 4 is 8.32 Å². The Kier molecular flexibility index (Phi) is 3.59. The monoisotopic (exact) mass is 212 g/mol. The minimum Gasteiger partial charge on any atom is -0.411 e. The van der Waals surface area contributed by atoms with Gasteiger partial charge in [-0.2, -0.15) is 0 Å². The van der Waals surface area contributed by atoms with E-state index in [1.165, 1.54) is 19.3 Å². The molecule has 1 aliphatic carbocycles. The summed E-state index contributed by atoms with van der Waals surface area (Å²) < 4.78 is 6.30. The summed E-state index contributed by atoms with van der Waals surface area (Å²) >= 11 is 0. The second kappa shape index (κ2) is 4.19. The van der Waals surface area contributed by atoms with Gasteiger partial charge in [0, 0.05) is 0 Å². The van der Waals surface area contributed by atoms with Gasteiger partial charge in [-0.1, -0.05) is 32.9 Å². The second-order valence-electron chi connectivity index (χ2n) is 5.78. The molecule has 0 fully saturated rings. The normalized spacial score (nSPS) is 23.9. The Labute approximate surface area is 89.7 Å². The molecule has 1 atom stereocenters. The Morgan fingerprint density at radius 2 is 1.93 bits per heavy atom. The van der Waals surface area contributed by atoms with E-state index in [0.29, 0.717) is 11.1 Å². The van der Waals surface area contributed by atoms with Gasteiger partial charge in [0.05, 0.1) is 6.10 Å². The molecule has 1 nitrogen and oxygen atoms in total. The maximum absolute atomic E-state index is 6.30. The van der Waals surface area contributed by atoms with Crippen LogP contribution in [0.4, 0.5) is 0 Å². The van der Waals surface area contributed by atoms with Crippen LogP contribution in [0.2, 0.25) is 18.1 Å². The number of rotatable bonds is 2. The molecule has 0 bridgehead atoms. The van der Waals surface area contributed by atoms with Gasteiger partial charge in [0.25, 0.3) is 0 Å². The Balaban J connectivity index is 2.58. The lowest BCUT2D eigenvalue weighted by Crippen LogP contribution is -2.43. The van der Waals surface area contributed by atoms with Gasteiger partial charge >= 0.3 is 0 Å². The molecular weight excluding hydrogens is 188 g/mol. The van der Waals surface area contributed by atoms with E-state index in [1.54, 1.807) is 0 Å². The van der Waals surface area contributed by atoms with E-state index in [0.717, 1.165) is 0 Å². The summed E-state index contributed by atoms with van der Waals surface area (Å²) in [5.74, 6) is 0. The molecule has 2 heteroatoms. The number of hydrogen-bond acceptors (Lipinski definition) is 1. The van der Waals surface area contributed by atoms with Gasteiger partial charge < -0.3 is 4.43 Å². The molecule has 0 saturated heterocycles. The average molecular weight is 212 g/mol. The summed E-state index contributed by atoms with van der Waals surface area (Å²) in [7, 11) is -1.54. The zero-order chi connectivity index (χ0) is 10.8. The quantitative estimate of drug-likeness (QED) is 0.494. The summed E-state index contributed by atoms with van der Waals surface area (Å²) in [6.07, 6.45) is 8.64. The van der Waals surface area contributed by atoms with Gasteiger partial charge in [0.1, 0.15) is 0 Å². The van der Waals surface area contributed by atoms with Crippen molar-refractivity contribution in [2.75, 3.05) is 0 Å². The highest BCUT2D eigenvalue weighted by atomic mass is 28.4. The molecule has 1 rings (SSSR count). The van der Waals surface area contributed by atoms with Crippen molar-refractivity contribution in [3.8, 4) is 0 Å². The fourth-order valence-corrected chi connectivity index (χ4v) is 2.74. The largest absolute Gasteiger partial charge is 0.411 e. The summed E-state index contributed by atoms with van der Waals surface area (Å²) in [5, 5.41) is 0.332. The average Bonchev–Trinajstić information content (AvgIpc) is 2.03. The smallest absolute Gasteiger partial charge is 0.192 e. The zero-order valence-electron chi connectivity index (χ0n) is 10.3. The van der Waals surface area contributed by atoms with Crippen LogP contribution in [0, 0.1) is 0 Å². The summed E-state index contributed by atoms with van der Waals surface area (Å²) in [5.41, 5.74) is 0. The highest BCUT2D eigenvalue weighted by Gasteiger charge is 2.38. The van der Waals surface area contributed by atoms with E-state index < -0.39 is 8.32 Å². The lowest BCUT2D eigenvalue weighted by molar-refractivity contribution is 0.207. The predicted molar refractivity (Wildman–Crippen MR) is 65.1 cm³/mol. The van der Waals surface area contributed by atoms with Gasteiger partial charge in [0.2, 0.25) is 0 Å². The van der Waals surface area contributed by atoms with Crippen molar-refractivity contribution in [2.45, 2.75) is 64.3 Å². The van der Waals surface area contributed by atoms with Gasteiger partial charge in [0.15, 0.2) is 8.32 Å². The Morgan fingerprint density at radius 3 is 2.36 bits per heavy atom. The van der Waals surface area contributed by atoms with Crippen LogP contribution in [-0.2, 0) is 4.43 Å². The van der Waals surface area contributed by atoms with Gasteiger partial charge in [-0.3, -0.25) is 0 Å². The molecule has 0 aromatic heterocycles. The fourth-order valence-electron chi connectivity index (χ4n) is 1.43. The third kappa shape index (κ3) is 2.96. The molecule has 0 radical (unpaired) electrons. The van der Waals surface area contributed by atoms with Crippen molar-refractivity contribution in [1.29, 1.82) is 0 Å². The molecule has 0 spiro atoms. The molecule has 0 heterocycles. The molecule has 0 aliphatic heterocycles. The number of allylic oxidation sites excluding steroid dienone is 1. The summed E-state index contributed by atoms with van der Waals surface area (Å²) in [6, 6.07) is 0. The summed E-state index contributed by atoms with van der Waals surface area (Å²) in [6.45, 7) is 11.5. The van der Waals surface area contributed by atoms with Crippen LogP contribution < -0.4 is 0 Å². The highest BCUT2D eigenvalue weighted by Crippen LogP contribution is 2.38. The SMILES string of the molecule is CC(C)(C)[Si](C)(C)O[C@H]1C=CCCC1. The molecule has 82 valence electrons. The van der Waals surface area contributed by atoms with Gasteiger partial charge in [-0.05, 0) is 37.4 Å². The lowest BCUT2D eigenvalue weighted by Gasteiger charge is -2.39. The molecule has 0 saturated carbocycles. The van der Waals surface area contributed by atoms with Gasteiger partial charge in [-0.25, -0.2) is 0 Å². The topological polar surface area (TPSA) is 9.23 Å². The first-order valence-corrected chi connectivity index (χ1v) is 8.58. The molecular formula is C12H24OSi. The third-order valence-electron chi connectivity index (χ3n) is 3.46. The van der Waals surface area contributed by atoms with E-state index >= 15 is 0 Å². The van der Waals surface area contributed by atoms with Crippen molar-refractivity contribution < 1.29 is 4.43 Å². The third-order valence-corrected chi connectivity index (χ3v) is 7.97. The molecule has 0 N–H and O–H groups in total. The Hall–Kier alpha value is -0.0831. The van der Waals surface area contributed by atoms with E-state index in [9.17, 15) is 0 Å². The van der Waals surface area contributed by atoms with E-state index in [-0.39, 0.29) is 0 Å². The fraction of sp³-hybridized carbons (Fsp3) is 0.833. The first kappa shape index (κ1) is 12.0. The maximum atomic E-state index is 6.30. The van der Waals surface area contributed by atoms with Crippen LogP contribution in [0.3, 0.4) is 0 Å². The van der Waals surface area contributed by atoms with Crippen LogP contribution in [-0.4, -0.2) is 14.4 Å². The van der Waals surface area contributed by atoms with Crippen LogP contribution in [0.1, 0.15) is 40.0 Å². The van der Waals surface area contributed by atoms with Crippen molar-refractivity contribution in [3.05, 3.63) is 12.2 Å². The maximum Gasteiger partial charge on any atom is 0.192 e. The Morgan fingerprint density at radius 1 is 1.29 bits per heavy atom. The van der Waals surface area contributed by atoms with Crippen LogP contribution in [0.15, 0.2) is 12.2 Å². The van der Waals surface area contributed by atoms with Crippen molar-refractivity contribution in [3.63, 3.8) is 0 Å². The lowest BCUT2D eigenvalue weighted by atomic mass is 10.1. The molecule has 0 amide bonds. The van der Waals surface area contributed by atoms with Crippen molar-refractivity contribution in [1.82, 2.24) is 0 Å². The predicted octanol–water partition coefficient (Wildman–Crippen LogP) is 4.12. The molecule has 0 aromatic rings. The van der Waals surface area contributed by atoms with Crippen LogP contribution in [0.5, 0.6) is 0 Å². The minimum absolute atomic E-state index is 0.332. The van der Waals surface area contributed by atoms with Crippen LogP contribution in [0.25, 0.3) is 0 Å². The first-order valence-electron chi connectivity index (χ1n) is 5.67. The van der Waals surface area contributed by atoms with E-state index in [2.05, 4.69) is 46.0 Å². The van der Waals surface area contributed by atoms with Gasteiger partial charge in [-0.15, -0.1) is 0 Å². The van der Waals surface area contributed by atoms with E-state index in [4.69, 9.17) is 4.43 Å². The highest BCUT2D eigenvalue weighted by molar-refractivity contribution is 6.74. The van der Waals surface area contributed by atoms with E-state index in [1.807, 2.05) is 0 Å². The zero-order valence-corrected chi connectivity index (χ0v) is 11.3. The summed E-state index contributed by atoms with van der Waals surface area (Å²) in [4.78, 5) is 0. The van der Waals surface area contributed by atoms with Crippen molar-refractivity contribution in [2.24, 2.45) is 0 Å². The number of hydrogen-bond donors (Lipinski definition) is 0. The minimum atomic E-state index is -1.54. The van der Waals surface area contributed by atoms with Crippen LogP contribution >= 0.6 is 0 Å².